The first-order valence-corrected chi connectivity index (χ1v) is 8.66. The number of likely N-dealkylation sites (tertiary alicyclic amines) is 1. The highest BCUT2D eigenvalue weighted by atomic mass is 32.2. The molecular weight excluding hydrogens is 288 g/mol. The summed E-state index contributed by atoms with van der Waals surface area (Å²) in [7, 11) is -0.985. The average Bonchev–Trinajstić information content (AvgIpc) is 2.86. The second-order valence-electron chi connectivity index (χ2n) is 5.47. The molecule has 1 aliphatic rings. The van der Waals surface area contributed by atoms with Crippen molar-refractivity contribution in [3.63, 3.8) is 0 Å². The minimum absolute atomic E-state index is 0.00555. The summed E-state index contributed by atoms with van der Waals surface area (Å²) in [5.41, 5.74) is 0.963. The Hall–Kier alpha value is -1.40. The molecule has 0 aromatic heterocycles. The molecular formula is C15H22N2O3S. The van der Waals surface area contributed by atoms with Crippen molar-refractivity contribution in [1.29, 1.82) is 0 Å². The van der Waals surface area contributed by atoms with E-state index in [0.29, 0.717) is 19.0 Å². The van der Waals surface area contributed by atoms with E-state index in [2.05, 4.69) is 12.2 Å². The van der Waals surface area contributed by atoms with E-state index in [9.17, 15) is 14.1 Å². The lowest BCUT2D eigenvalue weighted by Gasteiger charge is -2.25. The van der Waals surface area contributed by atoms with Crippen LogP contribution in [0.15, 0.2) is 29.2 Å². The number of rotatable bonds is 4. The lowest BCUT2D eigenvalue weighted by molar-refractivity contribution is 0.143. The average molecular weight is 310 g/mol. The summed E-state index contributed by atoms with van der Waals surface area (Å²) in [6.07, 6.45) is 2.57. The van der Waals surface area contributed by atoms with Crippen molar-refractivity contribution < 1.29 is 14.1 Å². The van der Waals surface area contributed by atoms with Gasteiger partial charge in [0.2, 0.25) is 0 Å². The number of nitrogens with zero attached hydrogens (tertiary/aromatic N) is 1. The second-order valence-corrected chi connectivity index (χ2v) is 6.85. The summed E-state index contributed by atoms with van der Waals surface area (Å²) in [5, 5.41) is 12.2. The minimum Gasteiger partial charge on any atom is -0.394 e. The van der Waals surface area contributed by atoms with Gasteiger partial charge in [0.25, 0.3) is 0 Å². The number of amides is 2. The van der Waals surface area contributed by atoms with Gasteiger partial charge >= 0.3 is 6.03 Å². The first kappa shape index (κ1) is 16.0. The van der Waals surface area contributed by atoms with Crippen LogP contribution < -0.4 is 5.32 Å². The van der Waals surface area contributed by atoms with Crippen LogP contribution in [0.5, 0.6) is 0 Å². The molecule has 5 nitrogen and oxygen atoms in total. The fourth-order valence-corrected chi connectivity index (χ4v) is 3.14. The minimum atomic E-state index is -0.985. The predicted molar refractivity (Wildman–Crippen MR) is 82.4 cm³/mol. The molecule has 116 valence electrons. The quantitative estimate of drug-likeness (QED) is 0.881. The van der Waals surface area contributed by atoms with Crippen LogP contribution in [0.3, 0.4) is 0 Å². The Balaban J connectivity index is 1.90. The molecule has 3 unspecified atom stereocenters. The SMILES string of the molecule is CC1CCN(C(=O)NCc2ccc(S(C)=O)cc2)C1CO. The molecule has 2 amide bonds. The van der Waals surface area contributed by atoms with Gasteiger partial charge in [-0.2, -0.15) is 0 Å². The molecule has 1 aliphatic heterocycles. The zero-order valence-corrected chi connectivity index (χ0v) is 13.2. The molecule has 0 bridgehead atoms. The molecule has 1 aromatic rings. The van der Waals surface area contributed by atoms with Crippen LogP contribution in [0, 0.1) is 5.92 Å². The number of nitrogens with one attached hydrogen (secondary N) is 1. The maximum atomic E-state index is 12.2. The Morgan fingerprint density at radius 3 is 2.67 bits per heavy atom. The lowest BCUT2D eigenvalue weighted by atomic mass is 10.0. The zero-order valence-electron chi connectivity index (χ0n) is 12.4. The molecule has 3 atom stereocenters. The molecule has 0 spiro atoms. The van der Waals surface area contributed by atoms with Crippen molar-refractivity contribution >= 4 is 16.8 Å². The highest BCUT2D eigenvalue weighted by Crippen LogP contribution is 2.23. The third-order valence-electron chi connectivity index (χ3n) is 4.03. The second kappa shape index (κ2) is 7.04. The van der Waals surface area contributed by atoms with Crippen LogP contribution in [0.25, 0.3) is 0 Å². The van der Waals surface area contributed by atoms with Crippen LogP contribution in [0.1, 0.15) is 18.9 Å². The summed E-state index contributed by atoms with van der Waals surface area (Å²) < 4.78 is 11.3. The monoisotopic (exact) mass is 310 g/mol. The molecule has 21 heavy (non-hydrogen) atoms. The number of aliphatic hydroxyl groups excluding tert-OH is 1. The van der Waals surface area contributed by atoms with Gasteiger partial charge < -0.3 is 15.3 Å². The summed E-state index contributed by atoms with van der Waals surface area (Å²) >= 11 is 0. The number of aliphatic hydroxyl groups is 1. The predicted octanol–water partition coefficient (Wildman–Crippen LogP) is 1.34. The van der Waals surface area contributed by atoms with Gasteiger partial charge in [-0.1, -0.05) is 19.1 Å². The fourth-order valence-electron chi connectivity index (χ4n) is 2.62. The Kier molecular flexibility index (Phi) is 5.36. The lowest BCUT2D eigenvalue weighted by Crippen LogP contribution is -2.45. The van der Waals surface area contributed by atoms with E-state index in [1.54, 1.807) is 11.2 Å². The third-order valence-corrected chi connectivity index (χ3v) is 4.97. The Bertz CT molecular complexity index is 518. The molecule has 1 saturated heterocycles. The normalized spacial score (nSPS) is 23.1. The number of hydrogen-bond acceptors (Lipinski definition) is 3. The Labute approximate surface area is 127 Å². The van der Waals surface area contributed by atoms with Gasteiger partial charge in [-0.25, -0.2) is 4.79 Å². The summed E-state index contributed by atoms with van der Waals surface area (Å²) in [6.45, 7) is 3.17. The third kappa shape index (κ3) is 3.83. The Morgan fingerprint density at radius 1 is 1.43 bits per heavy atom. The summed E-state index contributed by atoms with van der Waals surface area (Å²) in [6, 6.07) is 7.13. The van der Waals surface area contributed by atoms with Crippen molar-refractivity contribution in [2.24, 2.45) is 5.92 Å². The Morgan fingerprint density at radius 2 is 2.10 bits per heavy atom. The highest BCUT2D eigenvalue weighted by Gasteiger charge is 2.33. The standard InChI is InChI=1S/C15H22N2O3S/c1-11-7-8-17(14(11)10-18)15(19)16-9-12-3-5-13(6-4-12)21(2)20/h3-6,11,14,18H,7-10H2,1-2H3,(H,16,19). The van der Waals surface area contributed by atoms with Gasteiger partial charge in [0.05, 0.1) is 12.6 Å². The molecule has 2 N–H and O–H groups in total. The molecule has 6 heteroatoms. The van der Waals surface area contributed by atoms with Crippen molar-refractivity contribution in [3.8, 4) is 0 Å². The van der Waals surface area contributed by atoms with Gasteiger partial charge in [0.15, 0.2) is 0 Å². The largest absolute Gasteiger partial charge is 0.394 e. The van der Waals surface area contributed by atoms with Crippen LogP contribution in [0.4, 0.5) is 4.79 Å². The van der Waals surface area contributed by atoms with Gasteiger partial charge in [0.1, 0.15) is 0 Å². The van der Waals surface area contributed by atoms with Crippen molar-refractivity contribution in [1.82, 2.24) is 10.2 Å². The molecule has 0 radical (unpaired) electrons. The number of benzene rings is 1. The zero-order chi connectivity index (χ0) is 15.4. The maximum absolute atomic E-state index is 12.2. The number of hydrogen-bond donors (Lipinski definition) is 2. The first-order valence-electron chi connectivity index (χ1n) is 7.10. The smallest absolute Gasteiger partial charge is 0.318 e. The van der Waals surface area contributed by atoms with E-state index in [4.69, 9.17) is 0 Å². The summed E-state index contributed by atoms with van der Waals surface area (Å²) in [5.74, 6) is 0.333. The van der Waals surface area contributed by atoms with Crippen LogP contribution in [-0.4, -0.2) is 45.7 Å². The topological polar surface area (TPSA) is 69.6 Å². The van der Waals surface area contributed by atoms with Gasteiger partial charge in [0, 0.05) is 35.0 Å². The fraction of sp³-hybridized carbons (Fsp3) is 0.533. The van der Waals surface area contributed by atoms with Crippen molar-refractivity contribution in [2.45, 2.75) is 30.8 Å². The van der Waals surface area contributed by atoms with Crippen LogP contribution in [-0.2, 0) is 17.3 Å². The molecule has 0 saturated carbocycles. The van der Waals surface area contributed by atoms with E-state index < -0.39 is 10.8 Å². The van der Waals surface area contributed by atoms with Crippen LogP contribution in [0.2, 0.25) is 0 Å². The summed E-state index contributed by atoms with van der Waals surface area (Å²) in [4.78, 5) is 14.6. The molecule has 1 fully saturated rings. The molecule has 1 aromatic carbocycles. The van der Waals surface area contributed by atoms with Gasteiger partial charge in [-0.15, -0.1) is 0 Å². The number of carbonyl (C=O) groups is 1. The van der Waals surface area contributed by atoms with Gasteiger partial charge in [-0.05, 0) is 30.0 Å². The van der Waals surface area contributed by atoms with Gasteiger partial charge in [-0.3, -0.25) is 4.21 Å². The molecule has 0 aliphatic carbocycles. The van der Waals surface area contributed by atoms with E-state index >= 15 is 0 Å². The van der Waals surface area contributed by atoms with Crippen molar-refractivity contribution in [2.75, 3.05) is 19.4 Å². The van der Waals surface area contributed by atoms with E-state index in [0.717, 1.165) is 16.9 Å². The van der Waals surface area contributed by atoms with Crippen LogP contribution >= 0.6 is 0 Å². The first-order chi connectivity index (χ1) is 10.0. The van der Waals surface area contributed by atoms with Crippen molar-refractivity contribution in [3.05, 3.63) is 29.8 Å². The van der Waals surface area contributed by atoms with E-state index in [1.165, 1.54) is 0 Å². The van der Waals surface area contributed by atoms with E-state index in [1.807, 2.05) is 24.3 Å². The molecule has 1 heterocycles. The highest BCUT2D eigenvalue weighted by molar-refractivity contribution is 7.84. The van der Waals surface area contributed by atoms with E-state index in [-0.39, 0.29) is 18.7 Å². The number of urea groups is 1. The number of carbonyl (C=O) groups excluding carboxylic acids is 1. The maximum Gasteiger partial charge on any atom is 0.318 e. The molecule has 2 rings (SSSR count).